The van der Waals surface area contributed by atoms with Crippen LogP contribution in [0.15, 0.2) is 24.5 Å². The predicted octanol–water partition coefficient (Wildman–Crippen LogP) is 1.64. The molecule has 20 heavy (non-hydrogen) atoms. The van der Waals surface area contributed by atoms with Crippen LogP contribution in [0.1, 0.15) is 6.92 Å². The zero-order valence-electron chi connectivity index (χ0n) is 11.5. The highest BCUT2D eigenvalue weighted by atomic mass is 32.2. The first kappa shape index (κ1) is 14.6. The van der Waals surface area contributed by atoms with Gasteiger partial charge in [0, 0.05) is 24.7 Å². The van der Waals surface area contributed by atoms with Crippen LogP contribution in [0.25, 0.3) is 10.9 Å². The lowest BCUT2D eigenvalue weighted by Crippen LogP contribution is -2.35. The maximum atomic E-state index is 13.4. The van der Waals surface area contributed by atoms with E-state index in [2.05, 4.69) is 9.97 Å². The number of fused-ring (bicyclic) bond motifs is 1. The molecule has 0 fully saturated rings. The average Bonchev–Trinajstić information content (AvgIpc) is 2.35. The first-order chi connectivity index (χ1) is 9.28. The normalized spacial score (nSPS) is 13.4. The number of benzene rings is 1. The predicted molar refractivity (Wildman–Crippen MR) is 77.1 cm³/mol. The van der Waals surface area contributed by atoms with E-state index in [4.69, 9.17) is 0 Å². The van der Waals surface area contributed by atoms with Crippen molar-refractivity contribution < 1.29 is 12.8 Å². The van der Waals surface area contributed by atoms with Crippen molar-refractivity contribution >= 4 is 26.6 Å². The van der Waals surface area contributed by atoms with E-state index in [0.717, 1.165) is 0 Å². The Hall–Kier alpha value is -1.76. The zero-order valence-corrected chi connectivity index (χ0v) is 12.4. The molecule has 0 bridgehead atoms. The van der Waals surface area contributed by atoms with Crippen molar-refractivity contribution in [1.29, 1.82) is 0 Å². The molecule has 0 amide bonds. The number of anilines is 1. The summed E-state index contributed by atoms with van der Waals surface area (Å²) in [4.78, 5) is 9.96. The highest BCUT2D eigenvalue weighted by Crippen LogP contribution is 2.24. The fourth-order valence-corrected chi connectivity index (χ4v) is 3.15. The lowest BCUT2D eigenvalue weighted by molar-refractivity contribution is 0.592. The van der Waals surface area contributed by atoms with Gasteiger partial charge in [-0.2, -0.15) is 0 Å². The van der Waals surface area contributed by atoms with E-state index < -0.39 is 9.84 Å². The molecule has 0 saturated heterocycles. The molecule has 1 unspecified atom stereocenters. The largest absolute Gasteiger partial charge is 0.355 e. The summed E-state index contributed by atoms with van der Waals surface area (Å²) in [5.74, 6) is 0.146. The maximum Gasteiger partial charge on any atom is 0.149 e. The van der Waals surface area contributed by atoms with Crippen molar-refractivity contribution in [3.63, 3.8) is 0 Å². The molecule has 5 nitrogen and oxygen atoms in total. The third-order valence-corrected chi connectivity index (χ3v) is 4.20. The number of aromatic nitrogens is 2. The molecule has 0 radical (unpaired) electrons. The summed E-state index contributed by atoms with van der Waals surface area (Å²) in [6.45, 7) is 1.79. The topological polar surface area (TPSA) is 63.2 Å². The second kappa shape index (κ2) is 5.32. The van der Waals surface area contributed by atoms with E-state index in [0.29, 0.717) is 16.7 Å². The van der Waals surface area contributed by atoms with Crippen LogP contribution in [0.2, 0.25) is 0 Å². The Labute approximate surface area is 117 Å². The molecule has 0 aliphatic rings. The standard InChI is InChI=1S/C13H16FN3O2S/c1-9(7-20(3,18)19)17(2)13-11-6-10(14)4-5-12(11)15-8-16-13/h4-6,8-9H,7H2,1-3H3. The molecule has 0 spiro atoms. The van der Waals surface area contributed by atoms with Crippen LogP contribution in [0.5, 0.6) is 0 Å². The number of hydrogen-bond donors (Lipinski definition) is 0. The highest BCUT2D eigenvalue weighted by molar-refractivity contribution is 7.90. The minimum atomic E-state index is -3.10. The zero-order chi connectivity index (χ0) is 14.9. The Balaban J connectivity index is 2.44. The molecule has 1 atom stereocenters. The van der Waals surface area contributed by atoms with Crippen molar-refractivity contribution in [2.75, 3.05) is 24.0 Å². The van der Waals surface area contributed by atoms with Gasteiger partial charge in [0.2, 0.25) is 0 Å². The Morgan fingerprint density at radius 1 is 1.35 bits per heavy atom. The van der Waals surface area contributed by atoms with Crippen LogP contribution in [-0.4, -0.2) is 43.5 Å². The fourth-order valence-electron chi connectivity index (χ4n) is 2.06. The van der Waals surface area contributed by atoms with Crippen LogP contribution in [-0.2, 0) is 9.84 Å². The highest BCUT2D eigenvalue weighted by Gasteiger charge is 2.18. The Bertz CT molecular complexity index is 733. The van der Waals surface area contributed by atoms with Gasteiger partial charge in [-0.3, -0.25) is 0 Å². The van der Waals surface area contributed by atoms with Gasteiger partial charge < -0.3 is 4.90 Å². The molecule has 1 aromatic carbocycles. The van der Waals surface area contributed by atoms with Gasteiger partial charge in [0.25, 0.3) is 0 Å². The van der Waals surface area contributed by atoms with Crippen LogP contribution in [0, 0.1) is 5.82 Å². The molecule has 108 valence electrons. The Kier molecular flexibility index (Phi) is 3.89. The van der Waals surface area contributed by atoms with Crippen molar-refractivity contribution in [1.82, 2.24) is 9.97 Å². The summed E-state index contributed by atoms with van der Waals surface area (Å²) in [6, 6.07) is 3.99. The molecular formula is C13H16FN3O2S. The van der Waals surface area contributed by atoms with E-state index in [1.165, 1.54) is 24.7 Å². The van der Waals surface area contributed by atoms with E-state index >= 15 is 0 Å². The SMILES string of the molecule is CC(CS(C)(=O)=O)N(C)c1ncnc2ccc(F)cc12. The average molecular weight is 297 g/mol. The number of nitrogens with zero attached hydrogens (tertiary/aromatic N) is 3. The molecule has 0 aliphatic heterocycles. The smallest absolute Gasteiger partial charge is 0.149 e. The van der Waals surface area contributed by atoms with E-state index in [-0.39, 0.29) is 17.6 Å². The van der Waals surface area contributed by atoms with E-state index in [1.807, 2.05) is 0 Å². The number of sulfone groups is 1. The van der Waals surface area contributed by atoms with Crippen LogP contribution in [0.3, 0.4) is 0 Å². The van der Waals surface area contributed by atoms with Crippen LogP contribution < -0.4 is 4.90 Å². The first-order valence-electron chi connectivity index (χ1n) is 6.09. The van der Waals surface area contributed by atoms with Crippen molar-refractivity contribution in [3.8, 4) is 0 Å². The van der Waals surface area contributed by atoms with Gasteiger partial charge in [-0.1, -0.05) is 0 Å². The molecule has 1 aromatic heterocycles. The van der Waals surface area contributed by atoms with Gasteiger partial charge >= 0.3 is 0 Å². The molecule has 0 N–H and O–H groups in total. The second-order valence-corrected chi connectivity index (χ2v) is 7.10. The van der Waals surface area contributed by atoms with Gasteiger partial charge in [-0.15, -0.1) is 0 Å². The Morgan fingerprint density at radius 2 is 2.05 bits per heavy atom. The van der Waals surface area contributed by atoms with Gasteiger partial charge in [0.1, 0.15) is 27.8 Å². The molecule has 2 aromatic rings. The van der Waals surface area contributed by atoms with Crippen LogP contribution in [0.4, 0.5) is 10.2 Å². The first-order valence-corrected chi connectivity index (χ1v) is 8.15. The van der Waals surface area contributed by atoms with Gasteiger partial charge in [0.15, 0.2) is 0 Å². The fraction of sp³-hybridized carbons (Fsp3) is 0.385. The minimum absolute atomic E-state index is 0.00428. The quantitative estimate of drug-likeness (QED) is 0.858. The summed E-state index contributed by atoms with van der Waals surface area (Å²) < 4.78 is 36.1. The number of halogens is 1. The summed E-state index contributed by atoms with van der Waals surface area (Å²) >= 11 is 0. The lowest BCUT2D eigenvalue weighted by atomic mass is 10.2. The maximum absolute atomic E-state index is 13.4. The van der Waals surface area contributed by atoms with E-state index in [9.17, 15) is 12.8 Å². The number of rotatable bonds is 4. The summed E-state index contributed by atoms with van der Waals surface area (Å²) in [5.41, 5.74) is 0.620. The monoisotopic (exact) mass is 297 g/mol. The van der Waals surface area contributed by atoms with Crippen molar-refractivity contribution in [2.45, 2.75) is 13.0 Å². The molecule has 0 aliphatic carbocycles. The Morgan fingerprint density at radius 3 is 2.70 bits per heavy atom. The van der Waals surface area contributed by atoms with Gasteiger partial charge in [-0.05, 0) is 25.1 Å². The minimum Gasteiger partial charge on any atom is -0.355 e. The van der Waals surface area contributed by atoms with Crippen molar-refractivity contribution in [3.05, 3.63) is 30.3 Å². The molecular weight excluding hydrogens is 281 g/mol. The second-order valence-electron chi connectivity index (χ2n) is 4.91. The molecule has 2 rings (SSSR count). The van der Waals surface area contributed by atoms with Gasteiger partial charge in [0.05, 0.1) is 11.3 Å². The molecule has 7 heteroatoms. The van der Waals surface area contributed by atoms with Crippen LogP contribution >= 0.6 is 0 Å². The lowest BCUT2D eigenvalue weighted by Gasteiger charge is -2.26. The van der Waals surface area contributed by atoms with Gasteiger partial charge in [-0.25, -0.2) is 22.8 Å². The van der Waals surface area contributed by atoms with E-state index in [1.54, 1.807) is 24.9 Å². The number of hydrogen-bond acceptors (Lipinski definition) is 5. The third kappa shape index (κ3) is 3.22. The third-order valence-electron chi connectivity index (χ3n) is 3.12. The molecule has 0 saturated carbocycles. The molecule has 1 heterocycles. The summed E-state index contributed by atoms with van der Waals surface area (Å²) in [7, 11) is -1.36. The summed E-state index contributed by atoms with van der Waals surface area (Å²) in [5, 5.41) is 0.565. The summed E-state index contributed by atoms with van der Waals surface area (Å²) in [6.07, 6.45) is 2.58. The van der Waals surface area contributed by atoms with Crippen molar-refractivity contribution in [2.24, 2.45) is 0 Å².